The van der Waals surface area contributed by atoms with Crippen molar-refractivity contribution >= 4 is 18.4 Å². The van der Waals surface area contributed by atoms with Crippen LogP contribution in [0.1, 0.15) is 17.3 Å². The van der Waals surface area contributed by atoms with Crippen LogP contribution < -0.4 is 5.46 Å². The van der Waals surface area contributed by atoms with Crippen LogP contribution in [0.3, 0.4) is 0 Å². The maximum Gasteiger partial charge on any atom is 0.491 e. The van der Waals surface area contributed by atoms with Gasteiger partial charge in [-0.05, 0) is 13.0 Å². The fourth-order valence-corrected chi connectivity index (χ4v) is 1.12. The molecular formula is C8H6BF3O3. The van der Waals surface area contributed by atoms with E-state index in [-0.39, 0.29) is 0 Å². The minimum Gasteiger partial charge on any atom is -0.423 e. The first-order chi connectivity index (χ1) is 6.86. The molecule has 2 N–H and O–H groups in total. The normalized spacial score (nSPS) is 10.3. The number of ketones is 1. The Balaban J connectivity index is 3.51. The summed E-state index contributed by atoms with van der Waals surface area (Å²) in [7, 11) is -2.34. The summed E-state index contributed by atoms with van der Waals surface area (Å²) in [5.74, 6) is -5.67. The molecule has 80 valence electrons. The van der Waals surface area contributed by atoms with Crippen LogP contribution in [-0.4, -0.2) is 22.9 Å². The highest BCUT2D eigenvalue weighted by atomic mass is 19.2. The minimum absolute atomic E-state index is 0.375. The highest BCUT2D eigenvalue weighted by molar-refractivity contribution is 6.58. The van der Waals surface area contributed by atoms with Gasteiger partial charge in [0, 0.05) is 5.46 Å². The van der Waals surface area contributed by atoms with E-state index in [4.69, 9.17) is 10.0 Å². The molecule has 1 aromatic carbocycles. The number of carbonyl (C=O) groups excluding carboxylic acids is 1. The summed E-state index contributed by atoms with van der Waals surface area (Å²) in [6.45, 7) is 0.871. The Kier molecular flexibility index (Phi) is 3.16. The van der Waals surface area contributed by atoms with E-state index in [2.05, 4.69) is 0 Å². The van der Waals surface area contributed by atoms with Crippen LogP contribution in [0.25, 0.3) is 0 Å². The molecule has 0 amide bonds. The molecule has 0 saturated heterocycles. The topological polar surface area (TPSA) is 57.5 Å². The summed E-state index contributed by atoms with van der Waals surface area (Å²) in [6, 6.07) is 0.375. The van der Waals surface area contributed by atoms with Gasteiger partial charge in [-0.25, -0.2) is 13.2 Å². The van der Waals surface area contributed by atoms with E-state index < -0.39 is 41.4 Å². The minimum atomic E-state index is -2.34. The number of benzene rings is 1. The van der Waals surface area contributed by atoms with Crippen molar-refractivity contribution in [1.82, 2.24) is 0 Å². The number of hydrogen-bond acceptors (Lipinski definition) is 3. The average Bonchev–Trinajstić information content (AvgIpc) is 2.10. The summed E-state index contributed by atoms with van der Waals surface area (Å²) in [5.41, 5.74) is -1.98. The van der Waals surface area contributed by atoms with Gasteiger partial charge in [0.05, 0.1) is 5.56 Å². The van der Waals surface area contributed by atoms with E-state index in [0.29, 0.717) is 6.07 Å². The second-order valence-corrected chi connectivity index (χ2v) is 2.88. The van der Waals surface area contributed by atoms with Gasteiger partial charge in [-0.2, -0.15) is 0 Å². The van der Waals surface area contributed by atoms with Gasteiger partial charge in [0.2, 0.25) is 0 Å². The van der Waals surface area contributed by atoms with E-state index >= 15 is 0 Å². The fourth-order valence-electron chi connectivity index (χ4n) is 1.12. The second kappa shape index (κ2) is 4.04. The lowest BCUT2D eigenvalue weighted by atomic mass is 9.79. The number of carbonyl (C=O) groups is 1. The van der Waals surface area contributed by atoms with Gasteiger partial charge in [-0.3, -0.25) is 4.79 Å². The highest BCUT2D eigenvalue weighted by Gasteiger charge is 2.26. The Bertz CT molecular complexity index is 420. The van der Waals surface area contributed by atoms with Crippen LogP contribution in [0.2, 0.25) is 0 Å². The molecule has 0 unspecified atom stereocenters. The monoisotopic (exact) mass is 218 g/mol. The van der Waals surface area contributed by atoms with Crippen molar-refractivity contribution in [3.05, 3.63) is 29.1 Å². The zero-order valence-electron chi connectivity index (χ0n) is 7.59. The van der Waals surface area contributed by atoms with Gasteiger partial charge in [-0.15, -0.1) is 0 Å². The molecule has 7 heteroatoms. The Morgan fingerprint density at radius 3 is 2.20 bits per heavy atom. The third kappa shape index (κ3) is 2.03. The first kappa shape index (κ1) is 11.7. The number of Topliss-reactive ketones (excluding diaryl/α,β-unsaturated/α-hetero) is 1. The molecule has 1 aromatic rings. The van der Waals surface area contributed by atoms with Gasteiger partial charge in [0.1, 0.15) is 5.82 Å². The lowest BCUT2D eigenvalue weighted by Gasteiger charge is -2.07. The third-order valence-electron chi connectivity index (χ3n) is 1.82. The van der Waals surface area contributed by atoms with Gasteiger partial charge in [0.25, 0.3) is 0 Å². The average molecular weight is 218 g/mol. The quantitative estimate of drug-likeness (QED) is 0.416. The standard InChI is InChI=1S/C8H6BF3O3/c1-3(13)6-5(10)2-4(9(14)15)7(11)8(6)12/h2,14-15H,1H3. The molecule has 15 heavy (non-hydrogen) atoms. The molecule has 0 heterocycles. The summed E-state index contributed by atoms with van der Waals surface area (Å²) in [4.78, 5) is 10.7. The molecule has 0 spiro atoms. The van der Waals surface area contributed by atoms with Gasteiger partial charge >= 0.3 is 7.12 Å². The van der Waals surface area contributed by atoms with Gasteiger partial charge < -0.3 is 10.0 Å². The predicted octanol–water partition coefficient (Wildman–Crippen LogP) is -0.0137. The van der Waals surface area contributed by atoms with Crippen molar-refractivity contribution in [2.24, 2.45) is 0 Å². The molecule has 0 fully saturated rings. The maximum absolute atomic E-state index is 13.1. The molecule has 0 aliphatic carbocycles. The van der Waals surface area contributed by atoms with Crippen molar-refractivity contribution in [2.75, 3.05) is 0 Å². The SMILES string of the molecule is CC(=O)c1c(F)cc(B(O)O)c(F)c1F. The van der Waals surface area contributed by atoms with E-state index in [1.807, 2.05) is 0 Å². The van der Waals surface area contributed by atoms with Crippen molar-refractivity contribution in [3.63, 3.8) is 0 Å². The fraction of sp³-hybridized carbons (Fsp3) is 0.125. The van der Waals surface area contributed by atoms with Crippen LogP contribution in [0, 0.1) is 17.5 Å². The lowest BCUT2D eigenvalue weighted by molar-refractivity contribution is 0.100. The molecule has 0 atom stereocenters. The van der Waals surface area contributed by atoms with Gasteiger partial charge in [-0.1, -0.05) is 0 Å². The van der Waals surface area contributed by atoms with E-state index in [0.717, 1.165) is 6.92 Å². The van der Waals surface area contributed by atoms with Gasteiger partial charge in [0.15, 0.2) is 17.4 Å². The first-order valence-corrected chi connectivity index (χ1v) is 3.90. The molecular weight excluding hydrogens is 212 g/mol. The molecule has 1 rings (SSSR count). The summed E-state index contributed by atoms with van der Waals surface area (Å²) < 4.78 is 39.2. The smallest absolute Gasteiger partial charge is 0.423 e. The predicted molar refractivity (Wildman–Crippen MR) is 46.1 cm³/mol. The van der Waals surface area contributed by atoms with Crippen molar-refractivity contribution < 1.29 is 28.0 Å². The van der Waals surface area contributed by atoms with Crippen LogP contribution >= 0.6 is 0 Å². The third-order valence-corrected chi connectivity index (χ3v) is 1.82. The Labute approximate surface area is 83.3 Å². The zero-order valence-corrected chi connectivity index (χ0v) is 7.59. The second-order valence-electron chi connectivity index (χ2n) is 2.88. The molecule has 0 aliphatic heterocycles. The first-order valence-electron chi connectivity index (χ1n) is 3.90. The molecule has 0 radical (unpaired) electrons. The van der Waals surface area contributed by atoms with Crippen molar-refractivity contribution in [2.45, 2.75) is 6.92 Å². The van der Waals surface area contributed by atoms with E-state index in [1.54, 1.807) is 0 Å². The van der Waals surface area contributed by atoms with Crippen LogP contribution in [-0.2, 0) is 0 Å². The zero-order chi connectivity index (χ0) is 11.7. The van der Waals surface area contributed by atoms with Crippen LogP contribution in [0.4, 0.5) is 13.2 Å². The Hall–Kier alpha value is -1.34. The maximum atomic E-state index is 13.1. The van der Waals surface area contributed by atoms with E-state index in [9.17, 15) is 18.0 Å². The largest absolute Gasteiger partial charge is 0.491 e. The number of hydrogen-bond donors (Lipinski definition) is 2. The summed E-state index contributed by atoms with van der Waals surface area (Å²) in [5, 5.41) is 17.2. The number of rotatable bonds is 2. The molecule has 3 nitrogen and oxygen atoms in total. The van der Waals surface area contributed by atoms with Crippen molar-refractivity contribution in [3.8, 4) is 0 Å². The Morgan fingerprint density at radius 2 is 1.80 bits per heavy atom. The summed E-state index contributed by atoms with van der Waals surface area (Å²) in [6.07, 6.45) is 0. The Morgan fingerprint density at radius 1 is 1.27 bits per heavy atom. The molecule has 0 bridgehead atoms. The van der Waals surface area contributed by atoms with Crippen LogP contribution in [0.5, 0.6) is 0 Å². The summed E-state index contributed by atoms with van der Waals surface area (Å²) >= 11 is 0. The molecule has 0 saturated carbocycles. The van der Waals surface area contributed by atoms with Crippen LogP contribution in [0.15, 0.2) is 6.07 Å². The molecule has 0 aromatic heterocycles. The van der Waals surface area contributed by atoms with Crippen molar-refractivity contribution in [1.29, 1.82) is 0 Å². The molecule has 0 aliphatic rings. The number of halogens is 3. The van der Waals surface area contributed by atoms with E-state index in [1.165, 1.54) is 0 Å². The highest BCUT2D eigenvalue weighted by Crippen LogP contribution is 2.15. The lowest BCUT2D eigenvalue weighted by Crippen LogP contribution is -2.35.